The SMILES string of the molecule is COc1cc(CC2=NC(CC(=O)NCc3ccco3)c3cc(F)ncc32)cc(OC)c1[B]O. The summed E-state index contributed by atoms with van der Waals surface area (Å²) in [7, 11) is 3.92. The Hall–Kier alpha value is -3.66. The summed E-state index contributed by atoms with van der Waals surface area (Å²) in [5.74, 6) is 0.669. The number of ether oxygens (including phenoxy) is 2. The molecule has 1 atom stereocenters. The fraction of sp³-hybridized carbons (Fsp3) is 0.261. The van der Waals surface area contributed by atoms with Gasteiger partial charge in [0, 0.05) is 29.4 Å². The maximum atomic E-state index is 13.9. The van der Waals surface area contributed by atoms with Crippen LogP contribution in [0, 0.1) is 5.95 Å². The molecule has 0 saturated carbocycles. The van der Waals surface area contributed by atoms with Crippen molar-refractivity contribution in [3.8, 4) is 11.5 Å². The Kier molecular flexibility index (Phi) is 6.74. The maximum absolute atomic E-state index is 13.9. The number of amides is 1. The van der Waals surface area contributed by atoms with Crippen molar-refractivity contribution in [2.45, 2.75) is 25.4 Å². The van der Waals surface area contributed by atoms with Crippen molar-refractivity contribution in [2.75, 3.05) is 14.2 Å². The number of rotatable bonds is 9. The number of hydrogen-bond donors (Lipinski definition) is 2. The van der Waals surface area contributed by atoms with E-state index >= 15 is 0 Å². The zero-order valence-electron chi connectivity index (χ0n) is 18.2. The number of aliphatic imine (C=N–C) groups is 1. The third kappa shape index (κ3) is 4.90. The summed E-state index contributed by atoms with van der Waals surface area (Å²) in [6.45, 7) is 0.264. The van der Waals surface area contributed by atoms with Crippen LogP contribution in [0.15, 0.2) is 52.2 Å². The van der Waals surface area contributed by atoms with E-state index in [-0.39, 0.29) is 18.9 Å². The van der Waals surface area contributed by atoms with Crippen LogP contribution in [-0.2, 0) is 17.8 Å². The number of carbonyl (C=O) groups excluding carboxylic acids is 1. The lowest BCUT2D eigenvalue weighted by molar-refractivity contribution is -0.121. The number of carbonyl (C=O) groups is 1. The van der Waals surface area contributed by atoms with Crippen molar-refractivity contribution in [1.82, 2.24) is 10.3 Å². The van der Waals surface area contributed by atoms with Crippen LogP contribution in [-0.4, -0.2) is 43.3 Å². The Bertz CT molecular complexity index is 1160. The molecule has 0 spiro atoms. The molecule has 0 saturated heterocycles. The number of nitrogens with one attached hydrogen (secondary N) is 1. The molecule has 1 aliphatic rings. The molecule has 3 heterocycles. The van der Waals surface area contributed by atoms with E-state index in [9.17, 15) is 14.2 Å². The van der Waals surface area contributed by atoms with Gasteiger partial charge >= 0.3 is 7.48 Å². The molecule has 8 nitrogen and oxygen atoms in total. The molecule has 2 aromatic heterocycles. The van der Waals surface area contributed by atoms with Crippen LogP contribution in [0.3, 0.4) is 0 Å². The highest BCUT2D eigenvalue weighted by Gasteiger charge is 2.28. The number of pyridine rings is 1. The monoisotopic (exact) mass is 450 g/mol. The minimum atomic E-state index is -0.627. The number of methoxy groups -OCH3 is 2. The summed E-state index contributed by atoms with van der Waals surface area (Å²) in [5, 5.41) is 12.3. The summed E-state index contributed by atoms with van der Waals surface area (Å²) in [4.78, 5) is 21.0. The minimum Gasteiger partial charge on any atom is -0.497 e. The lowest BCUT2D eigenvalue weighted by Gasteiger charge is -2.13. The first-order valence-electron chi connectivity index (χ1n) is 10.3. The molecule has 169 valence electrons. The third-order valence-electron chi connectivity index (χ3n) is 5.41. The topological polar surface area (TPSA) is 106 Å². The van der Waals surface area contributed by atoms with Gasteiger partial charge in [-0.25, -0.2) is 4.98 Å². The second-order valence-electron chi connectivity index (χ2n) is 7.47. The molecule has 33 heavy (non-hydrogen) atoms. The van der Waals surface area contributed by atoms with E-state index in [0.717, 1.165) is 13.0 Å². The molecule has 2 N–H and O–H groups in total. The Morgan fingerprint density at radius 2 is 2.03 bits per heavy atom. The summed E-state index contributed by atoms with van der Waals surface area (Å²) in [6.07, 6.45) is 3.42. The quantitative estimate of drug-likeness (QED) is 0.381. The van der Waals surface area contributed by atoms with Gasteiger partial charge in [-0.2, -0.15) is 4.39 Å². The molecule has 3 aromatic rings. The average molecular weight is 450 g/mol. The largest absolute Gasteiger partial charge is 0.497 e. The van der Waals surface area contributed by atoms with Gasteiger partial charge in [-0.15, -0.1) is 0 Å². The number of hydrogen-bond acceptors (Lipinski definition) is 7. The Balaban J connectivity index is 1.57. The standard InChI is InChI=1S/C23H22BFN3O5/c1-31-19-7-13(8-20(32-2)23(19)24-30)6-17-16-12-26-21(25)9-15(16)18(28-17)10-22(29)27-11-14-4-3-5-33-14/h3-5,7-9,12,18,30H,6,10-11H2,1-2H3,(H,27,29). The highest BCUT2D eigenvalue weighted by Crippen LogP contribution is 2.34. The highest BCUT2D eigenvalue weighted by molar-refractivity contribution is 6.48. The van der Waals surface area contributed by atoms with E-state index in [1.165, 1.54) is 32.7 Å². The molecule has 10 heteroatoms. The molecule has 0 fully saturated rings. The zero-order valence-corrected chi connectivity index (χ0v) is 18.2. The van der Waals surface area contributed by atoms with E-state index in [1.54, 1.807) is 24.3 Å². The van der Waals surface area contributed by atoms with Crippen LogP contribution >= 0.6 is 0 Å². The van der Waals surface area contributed by atoms with E-state index in [0.29, 0.717) is 46.0 Å². The van der Waals surface area contributed by atoms with Gasteiger partial charge in [0.25, 0.3) is 0 Å². The van der Waals surface area contributed by atoms with Crippen molar-refractivity contribution in [3.63, 3.8) is 0 Å². The van der Waals surface area contributed by atoms with E-state index in [2.05, 4.69) is 10.3 Å². The Labute approximate surface area is 190 Å². The summed E-state index contributed by atoms with van der Waals surface area (Å²) in [6, 6.07) is 7.85. The van der Waals surface area contributed by atoms with Crippen LogP contribution < -0.4 is 20.3 Å². The van der Waals surface area contributed by atoms with Crippen molar-refractivity contribution < 1.29 is 28.1 Å². The fourth-order valence-electron chi connectivity index (χ4n) is 3.85. The molecule has 1 unspecified atom stereocenters. The molecular formula is C23H22BFN3O5. The van der Waals surface area contributed by atoms with Crippen LogP contribution in [0.25, 0.3) is 0 Å². The van der Waals surface area contributed by atoms with Gasteiger partial charge in [0.2, 0.25) is 11.9 Å². The smallest absolute Gasteiger partial charge is 0.334 e. The van der Waals surface area contributed by atoms with Gasteiger partial charge in [0.1, 0.15) is 17.3 Å². The maximum Gasteiger partial charge on any atom is 0.334 e. The van der Waals surface area contributed by atoms with Crippen LogP contribution in [0.2, 0.25) is 0 Å². The number of nitrogens with zero attached hydrogens (tertiary/aromatic N) is 2. The van der Waals surface area contributed by atoms with Gasteiger partial charge < -0.3 is 24.2 Å². The summed E-state index contributed by atoms with van der Waals surface area (Å²) < 4.78 is 29.9. The average Bonchev–Trinajstić information content (AvgIpc) is 3.45. The van der Waals surface area contributed by atoms with Gasteiger partial charge in [0.15, 0.2) is 0 Å². The summed E-state index contributed by atoms with van der Waals surface area (Å²) >= 11 is 0. The number of benzene rings is 1. The van der Waals surface area contributed by atoms with Gasteiger partial charge in [-0.1, -0.05) is 0 Å². The first-order valence-corrected chi connectivity index (χ1v) is 10.3. The number of halogens is 1. The number of aromatic nitrogens is 1. The third-order valence-corrected chi connectivity index (χ3v) is 5.41. The van der Waals surface area contributed by atoms with Crippen LogP contribution in [0.5, 0.6) is 11.5 Å². The Morgan fingerprint density at radius 3 is 2.67 bits per heavy atom. The predicted octanol–water partition coefficient (Wildman–Crippen LogP) is 1.86. The van der Waals surface area contributed by atoms with Crippen molar-refractivity contribution >= 4 is 24.6 Å². The number of fused-ring (bicyclic) bond motifs is 1. The second-order valence-corrected chi connectivity index (χ2v) is 7.47. The van der Waals surface area contributed by atoms with Gasteiger partial charge in [-0.3, -0.25) is 9.79 Å². The van der Waals surface area contributed by atoms with Crippen molar-refractivity contribution in [1.29, 1.82) is 0 Å². The van der Waals surface area contributed by atoms with E-state index in [1.807, 2.05) is 0 Å². The minimum absolute atomic E-state index is 0.0612. The second kappa shape index (κ2) is 9.87. The van der Waals surface area contributed by atoms with Gasteiger partial charge in [0.05, 0.1) is 39.5 Å². The molecular weight excluding hydrogens is 428 g/mol. The van der Waals surface area contributed by atoms with Crippen molar-refractivity contribution in [2.24, 2.45) is 4.99 Å². The van der Waals surface area contributed by atoms with Gasteiger partial charge in [-0.05, 0) is 41.5 Å². The molecule has 0 aliphatic carbocycles. The lowest BCUT2D eigenvalue weighted by atomic mass is 9.85. The molecule has 4 rings (SSSR count). The number of furan rings is 1. The Morgan fingerprint density at radius 1 is 1.27 bits per heavy atom. The van der Waals surface area contributed by atoms with Crippen molar-refractivity contribution in [3.05, 3.63) is 71.2 Å². The zero-order chi connectivity index (χ0) is 23.4. The fourth-order valence-corrected chi connectivity index (χ4v) is 3.85. The first kappa shape index (κ1) is 22.5. The molecule has 0 bridgehead atoms. The first-order chi connectivity index (χ1) is 16.0. The van der Waals surface area contributed by atoms with E-state index in [4.69, 9.17) is 18.9 Å². The predicted molar refractivity (Wildman–Crippen MR) is 120 cm³/mol. The van der Waals surface area contributed by atoms with Crippen LogP contribution in [0.1, 0.15) is 34.9 Å². The molecule has 1 aliphatic heterocycles. The highest BCUT2D eigenvalue weighted by atomic mass is 19.1. The lowest BCUT2D eigenvalue weighted by Crippen LogP contribution is -2.23. The molecule has 1 radical (unpaired) electrons. The molecule has 1 amide bonds. The van der Waals surface area contributed by atoms with E-state index < -0.39 is 12.0 Å². The summed E-state index contributed by atoms with van der Waals surface area (Å²) in [5.41, 5.74) is 3.21. The molecule has 1 aromatic carbocycles. The van der Waals surface area contributed by atoms with Crippen LogP contribution in [0.4, 0.5) is 4.39 Å². The normalized spacial score (nSPS) is 14.4.